The maximum atomic E-state index is 13.3. The number of anilines is 2. The molecular weight excluding hydrogens is 688 g/mol. The number of aromatic nitrogens is 4. The van der Waals surface area contributed by atoms with Crippen molar-refractivity contribution in [3.8, 4) is 22.8 Å². The molecule has 54 heavy (non-hydrogen) atoms. The lowest BCUT2D eigenvalue weighted by atomic mass is 9.94. The van der Waals surface area contributed by atoms with Gasteiger partial charge in [0.1, 0.15) is 35.4 Å². The molecule has 0 bridgehead atoms. The molecule has 3 N–H and O–H groups in total. The van der Waals surface area contributed by atoms with Gasteiger partial charge in [-0.15, -0.1) is 0 Å². The van der Waals surface area contributed by atoms with Crippen LogP contribution in [0.25, 0.3) is 22.3 Å². The minimum atomic E-state index is -0.971. The summed E-state index contributed by atoms with van der Waals surface area (Å²) in [6.45, 7) is 5.38. The van der Waals surface area contributed by atoms with Crippen molar-refractivity contribution in [2.24, 2.45) is 0 Å². The summed E-state index contributed by atoms with van der Waals surface area (Å²) < 4.78 is 7.99. The summed E-state index contributed by atoms with van der Waals surface area (Å²) in [5.41, 5.74) is 10.3. The number of ether oxygens (including phenoxy) is 1. The molecule has 5 aliphatic rings. The summed E-state index contributed by atoms with van der Waals surface area (Å²) in [5, 5.41) is 8.03. The van der Waals surface area contributed by atoms with Gasteiger partial charge in [-0.1, -0.05) is 18.2 Å². The molecule has 15 nitrogen and oxygen atoms in total. The van der Waals surface area contributed by atoms with Gasteiger partial charge in [0.05, 0.1) is 22.6 Å². The first-order valence-electron chi connectivity index (χ1n) is 18.2. The van der Waals surface area contributed by atoms with Crippen LogP contribution in [0.5, 0.6) is 11.5 Å². The molecule has 2 aromatic heterocycles. The van der Waals surface area contributed by atoms with Crippen molar-refractivity contribution in [3.63, 3.8) is 0 Å². The van der Waals surface area contributed by atoms with Crippen LogP contribution in [-0.4, -0.2) is 115 Å². The highest BCUT2D eigenvalue weighted by Crippen LogP contribution is 2.38. The third-order valence-corrected chi connectivity index (χ3v) is 11.4. The fourth-order valence-electron chi connectivity index (χ4n) is 8.27. The number of imide groups is 2. The second kappa shape index (κ2) is 12.5. The maximum Gasteiger partial charge on any atom is 0.262 e. The number of hydrogen-bond donors (Lipinski definition) is 2. The molecule has 7 heterocycles. The van der Waals surface area contributed by atoms with E-state index in [0.717, 1.165) is 83.6 Å². The van der Waals surface area contributed by atoms with Crippen LogP contribution in [0.15, 0.2) is 79.1 Å². The highest BCUT2D eigenvalue weighted by atomic mass is 16.5. The van der Waals surface area contributed by atoms with E-state index >= 15 is 0 Å². The van der Waals surface area contributed by atoms with Crippen molar-refractivity contribution in [1.29, 1.82) is 0 Å². The van der Waals surface area contributed by atoms with E-state index in [-0.39, 0.29) is 18.9 Å². The lowest BCUT2D eigenvalue weighted by molar-refractivity contribution is -0.136. The number of amides is 4. The number of rotatable bonds is 8. The highest BCUT2D eigenvalue weighted by Gasteiger charge is 2.47. The Balaban J connectivity index is 0.747. The van der Waals surface area contributed by atoms with E-state index in [0.29, 0.717) is 29.0 Å². The molecule has 0 saturated carbocycles. The quantitative estimate of drug-likeness (QED) is 0.225. The zero-order chi connectivity index (χ0) is 36.7. The first kappa shape index (κ1) is 32.5. The van der Waals surface area contributed by atoms with Gasteiger partial charge in [0, 0.05) is 69.0 Å². The number of fused-ring (bicyclic) bond motifs is 2. The Hall–Kier alpha value is -6.19. The number of hydrogen-bond acceptors (Lipinski definition) is 12. The summed E-state index contributed by atoms with van der Waals surface area (Å²) in [5.74, 6) is -0.0687. The van der Waals surface area contributed by atoms with Crippen molar-refractivity contribution in [1.82, 2.24) is 39.8 Å². The summed E-state index contributed by atoms with van der Waals surface area (Å²) in [4.78, 5) is 67.5. The van der Waals surface area contributed by atoms with E-state index < -0.39 is 29.7 Å². The second-order valence-corrected chi connectivity index (χ2v) is 14.6. The third-order valence-electron chi connectivity index (χ3n) is 11.4. The van der Waals surface area contributed by atoms with Crippen molar-refractivity contribution in [2.75, 3.05) is 49.9 Å². The molecule has 10 rings (SSSR count). The Morgan fingerprint density at radius 1 is 0.741 bits per heavy atom. The molecule has 3 aromatic carbocycles. The Morgan fingerprint density at radius 2 is 1.43 bits per heavy atom. The lowest BCUT2D eigenvalue weighted by Gasteiger charge is -2.57. The molecule has 1 atom stereocenters. The number of para-hydroxylation sites is 1. The molecule has 4 fully saturated rings. The number of nitrogens with zero attached hydrogens (tertiary/aromatic N) is 8. The predicted molar refractivity (Wildman–Crippen MR) is 197 cm³/mol. The number of nitrogens with two attached hydrogens (primary N) is 1. The van der Waals surface area contributed by atoms with Crippen LogP contribution in [-0.2, 0) is 9.59 Å². The highest BCUT2D eigenvalue weighted by molar-refractivity contribution is 6.23. The van der Waals surface area contributed by atoms with Gasteiger partial charge >= 0.3 is 0 Å². The average Bonchev–Trinajstić information content (AvgIpc) is 3.61. The Morgan fingerprint density at radius 3 is 2.17 bits per heavy atom. The monoisotopic (exact) mass is 724 g/mol. The van der Waals surface area contributed by atoms with Gasteiger partial charge in [-0.05, 0) is 61.0 Å². The number of benzene rings is 3. The molecule has 1 unspecified atom stereocenters. The largest absolute Gasteiger partial charge is 0.457 e. The SMILES string of the molecule is Nc1ncnc2c1c(-c1ccc(Oc3ccccc3)cc1)nn2C1CN(C2CN(C3CN(c4ccc5c(c4)C(=O)N(C4CCC(=O)NC4=O)C5=O)C3)C2)C1. The molecule has 15 heteroatoms. The zero-order valence-corrected chi connectivity index (χ0v) is 29.2. The third kappa shape index (κ3) is 5.29. The second-order valence-electron chi connectivity index (χ2n) is 14.6. The van der Waals surface area contributed by atoms with Gasteiger partial charge in [-0.25, -0.2) is 14.6 Å². The molecule has 5 aliphatic heterocycles. The predicted octanol–water partition coefficient (Wildman–Crippen LogP) is 2.70. The van der Waals surface area contributed by atoms with E-state index in [4.69, 9.17) is 15.6 Å². The summed E-state index contributed by atoms with van der Waals surface area (Å²) in [6, 6.07) is 22.9. The van der Waals surface area contributed by atoms with E-state index in [2.05, 4.69) is 30.0 Å². The number of nitrogen functional groups attached to an aromatic ring is 1. The molecule has 272 valence electrons. The first-order valence-corrected chi connectivity index (χ1v) is 18.2. The summed E-state index contributed by atoms with van der Waals surface area (Å²) in [6.07, 6.45) is 1.73. The van der Waals surface area contributed by atoms with Gasteiger partial charge in [0.15, 0.2) is 5.65 Å². The number of likely N-dealkylation sites (tertiary alicyclic amines) is 2. The molecular formula is C39H36N10O5. The Kier molecular flexibility index (Phi) is 7.49. The topological polar surface area (TPSA) is 172 Å². The van der Waals surface area contributed by atoms with Gasteiger partial charge in [-0.3, -0.25) is 39.2 Å². The minimum Gasteiger partial charge on any atom is -0.457 e. The van der Waals surface area contributed by atoms with Crippen LogP contribution in [0.2, 0.25) is 0 Å². The van der Waals surface area contributed by atoms with E-state index in [1.165, 1.54) is 6.33 Å². The molecule has 4 saturated heterocycles. The Bertz CT molecular complexity index is 2350. The number of carbonyl (C=O) groups is 4. The summed E-state index contributed by atoms with van der Waals surface area (Å²) in [7, 11) is 0. The van der Waals surface area contributed by atoms with Gasteiger partial charge in [0.25, 0.3) is 11.8 Å². The summed E-state index contributed by atoms with van der Waals surface area (Å²) >= 11 is 0. The van der Waals surface area contributed by atoms with Gasteiger partial charge in [0.2, 0.25) is 11.8 Å². The van der Waals surface area contributed by atoms with Crippen LogP contribution in [0, 0.1) is 0 Å². The van der Waals surface area contributed by atoms with Gasteiger partial charge < -0.3 is 15.4 Å². The minimum absolute atomic E-state index is 0.0931. The van der Waals surface area contributed by atoms with E-state index in [9.17, 15) is 19.2 Å². The van der Waals surface area contributed by atoms with Crippen molar-refractivity contribution < 1.29 is 23.9 Å². The lowest BCUT2D eigenvalue weighted by Crippen LogP contribution is -2.72. The fraction of sp³-hybridized carbons (Fsp3) is 0.308. The molecule has 0 aliphatic carbocycles. The number of nitrogens with one attached hydrogen (secondary N) is 1. The van der Waals surface area contributed by atoms with Crippen molar-refractivity contribution in [3.05, 3.63) is 90.3 Å². The number of carbonyl (C=O) groups excluding carboxylic acids is 4. The number of piperidine rings is 1. The van der Waals surface area contributed by atoms with Crippen LogP contribution in [0.3, 0.4) is 0 Å². The van der Waals surface area contributed by atoms with Crippen molar-refractivity contribution >= 4 is 46.2 Å². The normalized spacial score (nSPS) is 21.2. The van der Waals surface area contributed by atoms with Gasteiger partial charge in [-0.2, -0.15) is 5.10 Å². The molecule has 0 spiro atoms. The first-order chi connectivity index (χ1) is 26.3. The fourth-order valence-corrected chi connectivity index (χ4v) is 8.27. The molecule has 4 amide bonds. The average molecular weight is 725 g/mol. The molecule has 5 aromatic rings. The van der Waals surface area contributed by atoms with Crippen LogP contribution in [0.1, 0.15) is 39.6 Å². The zero-order valence-electron chi connectivity index (χ0n) is 29.2. The molecule has 0 radical (unpaired) electrons. The van der Waals surface area contributed by atoms with Crippen LogP contribution < -0.4 is 20.7 Å². The van der Waals surface area contributed by atoms with Crippen LogP contribution >= 0.6 is 0 Å². The van der Waals surface area contributed by atoms with Crippen molar-refractivity contribution in [2.45, 2.75) is 37.0 Å². The smallest absolute Gasteiger partial charge is 0.262 e. The standard InChI is InChI=1S/C39H36N10O5/c40-35-33-34(22-6-9-28(10-7-22)54-27-4-2-1-3-5-27)44-49(36(33)42-21-41-35)26-19-47(20-26)25-17-46(18-25)24-15-45(16-24)23-8-11-29-30(14-23)39(53)48(38(29)52)31-12-13-32(50)43-37(31)51/h1-11,14,21,24-26,31H,12-13,15-20H2,(H2,40,41,42)(H,43,50,51). The van der Waals surface area contributed by atoms with E-state index in [1.54, 1.807) is 12.1 Å². The van der Waals surface area contributed by atoms with Crippen LogP contribution in [0.4, 0.5) is 11.5 Å². The Labute approximate surface area is 309 Å². The maximum absolute atomic E-state index is 13.3. The van der Waals surface area contributed by atoms with E-state index in [1.807, 2.05) is 65.3 Å².